The second-order valence-electron chi connectivity index (χ2n) is 2.58. The molecule has 0 amide bonds. The molecule has 0 aromatic rings. The average molecular weight is 246 g/mol. The van der Waals surface area contributed by atoms with Crippen LogP contribution in [0.4, 0.5) is 0 Å². The van der Waals surface area contributed by atoms with Crippen molar-refractivity contribution in [2.24, 2.45) is 0 Å². The second kappa shape index (κ2) is 29.3. The van der Waals surface area contributed by atoms with E-state index in [9.17, 15) is 14.4 Å². The molecule has 1 unspecified atom stereocenters. The Balaban J connectivity index is -0.0000000729. The molecule has 0 fully saturated rings. The minimum atomic E-state index is -0.470. The van der Waals surface area contributed by atoms with Crippen LogP contribution in [0, 0.1) is 0 Å². The third kappa shape index (κ3) is 75.8. The van der Waals surface area contributed by atoms with E-state index >= 15 is 0 Å². The number of aldehydes is 3. The lowest BCUT2D eigenvalue weighted by Crippen LogP contribution is -1.97. The van der Waals surface area contributed by atoms with E-state index in [1.807, 2.05) is 0 Å². The average Bonchev–Trinajstić information content (AvgIpc) is 2.21. The molecule has 5 nitrogen and oxygen atoms in total. The van der Waals surface area contributed by atoms with Crippen molar-refractivity contribution in [3.8, 4) is 0 Å². The lowest BCUT2D eigenvalue weighted by Gasteiger charge is -1.89. The zero-order valence-corrected chi connectivity index (χ0v) is 10.5. The van der Waals surface area contributed by atoms with Crippen LogP contribution in [-0.4, -0.2) is 35.5 Å². The van der Waals surface area contributed by atoms with E-state index in [0.717, 1.165) is 12.6 Å². The molecule has 17 heavy (non-hydrogen) atoms. The Labute approximate surface area is 102 Å². The van der Waals surface area contributed by atoms with Crippen molar-refractivity contribution in [1.29, 1.82) is 0 Å². The van der Waals surface area contributed by atoms with Gasteiger partial charge in [-0.05, 0) is 32.9 Å². The van der Waals surface area contributed by atoms with E-state index < -0.39 is 6.10 Å². The fourth-order valence-corrected chi connectivity index (χ4v) is 0.296. The molecule has 0 heterocycles. The number of aliphatic hydroxyl groups excluding tert-OH is 1. The molecular weight excluding hydrogens is 224 g/mol. The van der Waals surface area contributed by atoms with Crippen molar-refractivity contribution < 1.29 is 25.0 Å². The Morgan fingerprint density at radius 1 is 1.00 bits per heavy atom. The zero-order valence-electron chi connectivity index (χ0n) is 10.5. The Kier molecular flexibility index (Phi) is 42.3. The van der Waals surface area contributed by atoms with Gasteiger partial charge >= 0.3 is 0 Å². The standard InChI is InChI=1S/C4H8O2.2C4H6O.H2O/c1-4(6)2-3-5;2*1-2-3-4-5;/h3-4,6H,2H2,1H3;2*2-4H,1H3;1H2/b;2*3-2+;. The molecule has 0 aliphatic carbocycles. The van der Waals surface area contributed by atoms with E-state index in [2.05, 4.69) is 0 Å². The lowest BCUT2D eigenvalue weighted by molar-refractivity contribution is -0.109. The highest BCUT2D eigenvalue weighted by Gasteiger charge is 1.87. The highest BCUT2D eigenvalue weighted by atomic mass is 16.3. The molecule has 0 aliphatic rings. The number of carbonyl (C=O) groups is 3. The summed E-state index contributed by atoms with van der Waals surface area (Å²) in [7, 11) is 0. The normalized spacial score (nSPS) is 10.1. The van der Waals surface area contributed by atoms with Crippen molar-refractivity contribution in [3.05, 3.63) is 24.3 Å². The molecule has 1 atom stereocenters. The van der Waals surface area contributed by atoms with Crippen LogP contribution in [0.5, 0.6) is 0 Å². The second-order valence-corrected chi connectivity index (χ2v) is 2.58. The van der Waals surface area contributed by atoms with E-state index in [0.29, 0.717) is 6.29 Å². The summed E-state index contributed by atoms with van der Waals surface area (Å²) in [5, 5.41) is 8.32. The van der Waals surface area contributed by atoms with Crippen molar-refractivity contribution in [2.75, 3.05) is 0 Å². The first kappa shape index (κ1) is 24.6. The van der Waals surface area contributed by atoms with Crippen LogP contribution in [0.3, 0.4) is 0 Å². The molecule has 0 radical (unpaired) electrons. The highest BCUT2D eigenvalue weighted by molar-refractivity contribution is 5.64. The molecular formula is C12H22O5. The Bertz CT molecular complexity index is 191. The lowest BCUT2D eigenvalue weighted by atomic mass is 10.3. The Morgan fingerprint density at radius 2 is 1.35 bits per heavy atom. The minimum Gasteiger partial charge on any atom is -0.412 e. The predicted octanol–water partition coefficient (Wildman–Crippen LogP) is 0.654. The van der Waals surface area contributed by atoms with Crippen LogP contribution in [0.1, 0.15) is 27.2 Å². The van der Waals surface area contributed by atoms with Crippen LogP contribution in [0.15, 0.2) is 24.3 Å². The van der Waals surface area contributed by atoms with E-state index in [-0.39, 0.29) is 11.9 Å². The number of carbonyl (C=O) groups excluding carboxylic acids is 3. The van der Waals surface area contributed by atoms with E-state index in [4.69, 9.17) is 5.11 Å². The summed E-state index contributed by atoms with van der Waals surface area (Å²) in [6, 6.07) is 0. The highest BCUT2D eigenvalue weighted by Crippen LogP contribution is 1.80. The van der Waals surface area contributed by atoms with Crippen LogP contribution in [0.2, 0.25) is 0 Å². The molecule has 100 valence electrons. The number of aliphatic hydroxyl groups is 1. The van der Waals surface area contributed by atoms with Gasteiger partial charge in [0, 0.05) is 6.42 Å². The van der Waals surface area contributed by atoms with Gasteiger partial charge in [-0.1, -0.05) is 12.2 Å². The molecule has 0 bridgehead atoms. The summed E-state index contributed by atoms with van der Waals surface area (Å²) in [6.45, 7) is 5.18. The molecule has 0 saturated heterocycles. The van der Waals surface area contributed by atoms with Crippen molar-refractivity contribution >= 4 is 18.9 Å². The molecule has 5 heteroatoms. The van der Waals surface area contributed by atoms with Crippen molar-refractivity contribution in [1.82, 2.24) is 0 Å². The Hall–Kier alpha value is -1.59. The van der Waals surface area contributed by atoms with Gasteiger partial charge in [0.15, 0.2) is 0 Å². The third-order valence-corrected chi connectivity index (χ3v) is 0.979. The molecule has 3 N–H and O–H groups in total. The van der Waals surface area contributed by atoms with Crippen LogP contribution in [0.25, 0.3) is 0 Å². The summed E-state index contributed by atoms with van der Waals surface area (Å²) >= 11 is 0. The number of allylic oxidation sites excluding steroid dienone is 4. The molecule has 0 aromatic carbocycles. The van der Waals surface area contributed by atoms with Crippen LogP contribution >= 0.6 is 0 Å². The van der Waals surface area contributed by atoms with Crippen molar-refractivity contribution in [3.63, 3.8) is 0 Å². The van der Waals surface area contributed by atoms with Gasteiger partial charge in [0.05, 0.1) is 6.10 Å². The fourth-order valence-electron chi connectivity index (χ4n) is 0.296. The SMILES string of the molecule is C/C=C/C=O.C/C=C/C=O.CC(O)CC=O.O. The predicted molar refractivity (Wildman–Crippen MR) is 67.7 cm³/mol. The monoisotopic (exact) mass is 246 g/mol. The van der Waals surface area contributed by atoms with Gasteiger partial charge in [-0.15, -0.1) is 0 Å². The van der Waals surface area contributed by atoms with Gasteiger partial charge in [0.25, 0.3) is 0 Å². The van der Waals surface area contributed by atoms with Gasteiger partial charge in [-0.3, -0.25) is 9.59 Å². The first-order valence-corrected chi connectivity index (χ1v) is 4.85. The minimum absolute atomic E-state index is 0. The fraction of sp³-hybridized carbons (Fsp3) is 0.417. The third-order valence-electron chi connectivity index (χ3n) is 0.979. The van der Waals surface area contributed by atoms with Crippen molar-refractivity contribution in [2.45, 2.75) is 33.3 Å². The molecule has 0 saturated carbocycles. The van der Waals surface area contributed by atoms with Crippen LogP contribution in [-0.2, 0) is 14.4 Å². The first-order valence-electron chi connectivity index (χ1n) is 4.85. The molecule has 0 aliphatic heterocycles. The summed E-state index contributed by atoms with van der Waals surface area (Å²) in [5.74, 6) is 0. The molecule has 0 spiro atoms. The van der Waals surface area contributed by atoms with Gasteiger partial charge in [-0.2, -0.15) is 0 Å². The summed E-state index contributed by atoms with van der Waals surface area (Å²) in [4.78, 5) is 28.1. The Morgan fingerprint density at radius 3 is 1.35 bits per heavy atom. The van der Waals surface area contributed by atoms with E-state index in [1.54, 1.807) is 32.9 Å². The largest absolute Gasteiger partial charge is 0.412 e. The van der Waals surface area contributed by atoms with Gasteiger partial charge in [0.1, 0.15) is 18.9 Å². The zero-order chi connectivity index (χ0) is 13.2. The molecule has 0 aromatic heterocycles. The summed E-state index contributed by atoms with van der Waals surface area (Å²) < 4.78 is 0. The van der Waals surface area contributed by atoms with E-state index in [1.165, 1.54) is 12.2 Å². The van der Waals surface area contributed by atoms with Gasteiger partial charge in [-0.25, -0.2) is 0 Å². The summed E-state index contributed by atoms with van der Waals surface area (Å²) in [5.41, 5.74) is 0. The number of rotatable bonds is 4. The maximum atomic E-state index is 9.46. The maximum Gasteiger partial charge on any atom is 0.142 e. The number of hydrogen-bond acceptors (Lipinski definition) is 4. The quantitative estimate of drug-likeness (QED) is 0.581. The molecule has 0 rings (SSSR count). The first-order chi connectivity index (χ1) is 7.60. The van der Waals surface area contributed by atoms with Crippen LogP contribution < -0.4 is 0 Å². The summed E-state index contributed by atoms with van der Waals surface area (Å²) in [6.07, 6.45) is 8.24. The van der Waals surface area contributed by atoms with Gasteiger partial charge < -0.3 is 15.4 Å². The van der Waals surface area contributed by atoms with Gasteiger partial charge in [0.2, 0.25) is 0 Å². The number of hydrogen-bond donors (Lipinski definition) is 1. The smallest absolute Gasteiger partial charge is 0.142 e. The maximum absolute atomic E-state index is 9.46. The topological polar surface area (TPSA) is 103 Å².